The molecule has 0 spiro atoms. The van der Waals surface area contributed by atoms with Crippen LogP contribution in [0.25, 0.3) is 11.1 Å². The molecule has 3 aromatic rings. The van der Waals surface area contributed by atoms with Crippen LogP contribution < -0.4 is 13.9 Å². The molecule has 1 aliphatic rings. The lowest BCUT2D eigenvalue weighted by Crippen LogP contribution is -2.44. The Labute approximate surface area is 221 Å². The quantitative estimate of drug-likeness (QED) is 0.340. The number of hydrogen-bond acceptors (Lipinski definition) is 5. The average Bonchev–Trinajstić information content (AvgIpc) is 2.85. The third kappa shape index (κ3) is 6.41. The molecule has 0 saturated heterocycles. The predicted octanol–water partition coefficient (Wildman–Crippen LogP) is 5.90. The van der Waals surface area contributed by atoms with Gasteiger partial charge in [0.25, 0.3) is 10.0 Å². The fourth-order valence-corrected chi connectivity index (χ4v) is 5.82. The van der Waals surface area contributed by atoms with Gasteiger partial charge >= 0.3 is 12.8 Å². The molecule has 0 fully saturated rings. The number of fused-ring (bicyclic) bond motifs is 1. The number of aliphatic hydroxyl groups excluding tert-OH is 1. The third-order valence-corrected chi connectivity index (χ3v) is 7.96. The lowest BCUT2D eigenvalue weighted by molar-refractivity contribution is -0.137. The van der Waals surface area contributed by atoms with Crippen molar-refractivity contribution >= 4 is 21.4 Å². The Morgan fingerprint density at radius 3 is 2.38 bits per heavy atom. The second kappa shape index (κ2) is 11.0. The summed E-state index contributed by atoms with van der Waals surface area (Å²) in [6.07, 6.45) is -5.04. The van der Waals surface area contributed by atoms with Crippen LogP contribution in [0.15, 0.2) is 65.6 Å². The van der Waals surface area contributed by atoms with Crippen LogP contribution in [0.5, 0.6) is 5.75 Å². The Morgan fingerprint density at radius 2 is 1.72 bits per heavy atom. The van der Waals surface area contributed by atoms with Gasteiger partial charge in [0.05, 0.1) is 34.5 Å². The van der Waals surface area contributed by atoms with Crippen molar-refractivity contribution in [1.29, 1.82) is 0 Å². The van der Waals surface area contributed by atoms with Crippen LogP contribution in [0.3, 0.4) is 0 Å². The van der Waals surface area contributed by atoms with Gasteiger partial charge < -0.3 is 14.7 Å². The molecule has 13 heteroatoms. The Hall–Kier alpha value is -3.45. The van der Waals surface area contributed by atoms with Gasteiger partial charge in [-0.1, -0.05) is 12.1 Å². The second-order valence-corrected chi connectivity index (χ2v) is 10.8. The number of aliphatic hydroxyl groups is 1. The van der Waals surface area contributed by atoms with Crippen molar-refractivity contribution in [2.45, 2.75) is 37.1 Å². The summed E-state index contributed by atoms with van der Waals surface area (Å²) in [5.74, 6) is -1.31. The molecule has 3 aromatic carbocycles. The van der Waals surface area contributed by atoms with E-state index in [2.05, 4.69) is 4.74 Å². The zero-order valence-corrected chi connectivity index (χ0v) is 21.3. The molecule has 0 aromatic heterocycles. The number of halogens is 6. The summed E-state index contributed by atoms with van der Waals surface area (Å²) >= 11 is 0. The van der Waals surface area contributed by atoms with E-state index in [1.807, 2.05) is 4.90 Å². The minimum absolute atomic E-state index is 0.0994. The molecule has 0 bridgehead atoms. The number of ether oxygens (including phenoxy) is 1. The maximum atomic E-state index is 14.2. The number of nitrogens with zero attached hydrogens (tertiary/aromatic N) is 2. The standard InChI is InChI=1S/C26H24F6N2O4S/c1-16(35)7-8-33-9-10-34(39(36,37)22-4-2-3-19(14-22)26(30,31)32)24-13-17(5-6-23(24)33)18-11-20(27)15-21(12-18)38-25(28)29/h2-6,11-16,25,35H,7-10H2,1H3. The molecular formula is C26H24F6N2O4S. The maximum Gasteiger partial charge on any atom is 0.416 e. The number of hydrogen-bond donors (Lipinski definition) is 1. The highest BCUT2D eigenvalue weighted by Gasteiger charge is 2.35. The van der Waals surface area contributed by atoms with Crippen LogP contribution >= 0.6 is 0 Å². The average molecular weight is 575 g/mol. The van der Waals surface area contributed by atoms with E-state index in [0.717, 1.165) is 40.7 Å². The van der Waals surface area contributed by atoms with Crippen molar-refractivity contribution in [3.05, 3.63) is 72.0 Å². The summed E-state index contributed by atoms with van der Waals surface area (Å²) < 4.78 is 112. The number of benzene rings is 3. The van der Waals surface area contributed by atoms with Gasteiger partial charge in [0.2, 0.25) is 0 Å². The zero-order chi connectivity index (χ0) is 28.5. The Morgan fingerprint density at radius 1 is 0.974 bits per heavy atom. The lowest BCUT2D eigenvalue weighted by atomic mass is 10.0. The van der Waals surface area contributed by atoms with Gasteiger partial charge in [-0.25, -0.2) is 12.8 Å². The molecule has 1 atom stereocenters. The maximum absolute atomic E-state index is 14.2. The highest BCUT2D eigenvalue weighted by atomic mass is 32.2. The predicted molar refractivity (Wildman–Crippen MR) is 133 cm³/mol. The molecule has 0 aliphatic carbocycles. The first-order valence-electron chi connectivity index (χ1n) is 11.8. The number of alkyl halides is 5. The first-order valence-corrected chi connectivity index (χ1v) is 13.2. The van der Waals surface area contributed by atoms with E-state index in [-0.39, 0.29) is 29.9 Å². The van der Waals surface area contributed by atoms with Crippen LogP contribution in [-0.2, 0) is 16.2 Å². The van der Waals surface area contributed by atoms with Gasteiger partial charge in [-0.2, -0.15) is 22.0 Å². The second-order valence-electron chi connectivity index (χ2n) is 8.99. The molecule has 39 heavy (non-hydrogen) atoms. The molecule has 1 heterocycles. The van der Waals surface area contributed by atoms with Gasteiger partial charge in [0.15, 0.2) is 0 Å². The summed E-state index contributed by atoms with van der Waals surface area (Å²) in [6.45, 7) is -1.19. The van der Waals surface area contributed by atoms with E-state index < -0.39 is 50.9 Å². The number of sulfonamides is 1. The zero-order valence-electron chi connectivity index (χ0n) is 20.5. The fourth-order valence-electron chi connectivity index (χ4n) is 4.31. The molecule has 0 radical (unpaired) electrons. The molecule has 0 amide bonds. The minimum atomic E-state index is -4.76. The Balaban J connectivity index is 1.82. The van der Waals surface area contributed by atoms with E-state index in [9.17, 15) is 39.9 Å². The van der Waals surface area contributed by atoms with E-state index in [1.165, 1.54) is 12.1 Å². The molecule has 210 valence electrons. The summed E-state index contributed by atoms with van der Waals surface area (Å²) in [4.78, 5) is 1.26. The largest absolute Gasteiger partial charge is 0.435 e. The van der Waals surface area contributed by atoms with Crippen LogP contribution in [-0.4, -0.2) is 45.9 Å². The Kier molecular flexibility index (Phi) is 8.03. The van der Waals surface area contributed by atoms with Crippen LogP contribution in [0.2, 0.25) is 0 Å². The van der Waals surface area contributed by atoms with Crippen molar-refractivity contribution in [2.75, 3.05) is 28.8 Å². The first-order chi connectivity index (χ1) is 18.3. The van der Waals surface area contributed by atoms with Gasteiger partial charge in [-0.15, -0.1) is 0 Å². The molecule has 4 rings (SSSR count). The molecule has 1 unspecified atom stereocenters. The molecular weight excluding hydrogens is 550 g/mol. The molecule has 0 saturated carbocycles. The fraction of sp³-hybridized carbons (Fsp3) is 0.308. The minimum Gasteiger partial charge on any atom is -0.435 e. The van der Waals surface area contributed by atoms with Crippen LogP contribution in [0.1, 0.15) is 18.9 Å². The number of rotatable bonds is 8. The number of anilines is 2. The molecule has 6 nitrogen and oxygen atoms in total. The highest BCUT2D eigenvalue weighted by molar-refractivity contribution is 7.92. The summed E-state index contributed by atoms with van der Waals surface area (Å²) in [5.41, 5.74) is -0.233. The van der Waals surface area contributed by atoms with Crippen LogP contribution in [0, 0.1) is 5.82 Å². The van der Waals surface area contributed by atoms with Gasteiger partial charge in [-0.3, -0.25) is 4.31 Å². The Bertz CT molecular complexity index is 1450. The van der Waals surface area contributed by atoms with Gasteiger partial charge in [0.1, 0.15) is 11.6 Å². The van der Waals surface area contributed by atoms with E-state index in [1.54, 1.807) is 13.0 Å². The summed E-state index contributed by atoms with van der Waals surface area (Å²) in [5, 5.41) is 9.73. The van der Waals surface area contributed by atoms with Crippen molar-refractivity contribution in [1.82, 2.24) is 0 Å². The monoisotopic (exact) mass is 574 g/mol. The van der Waals surface area contributed by atoms with Gasteiger partial charge in [-0.05, 0) is 66.9 Å². The van der Waals surface area contributed by atoms with Gasteiger partial charge in [0, 0.05) is 19.2 Å². The third-order valence-electron chi connectivity index (χ3n) is 6.15. The smallest absolute Gasteiger partial charge is 0.416 e. The summed E-state index contributed by atoms with van der Waals surface area (Å²) in [7, 11) is -4.48. The van der Waals surface area contributed by atoms with Crippen LogP contribution in [0.4, 0.5) is 37.7 Å². The van der Waals surface area contributed by atoms with E-state index >= 15 is 0 Å². The van der Waals surface area contributed by atoms with Crippen molar-refractivity contribution in [2.24, 2.45) is 0 Å². The van der Waals surface area contributed by atoms with Crippen molar-refractivity contribution in [3.8, 4) is 16.9 Å². The van der Waals surface area contributed by atoms with E-state index in [0.29, 0.717) is 24.7 Å². The molecule has 1 N–H and O–H groups in total. The highest BCUT2D eigenvalue weighted by Crippen LogP contribution is 2.41. The summed E-state index contributed by atoms with van der Waals surface area (Å²) in [6, 6.07) is 10.9. The van der Waals surface area contributed by atoms with E-state index in [4.69, 9.17) is 0 Å². The topological polar surface area (TPSA) is 70.1 Å². The SMILES string of the molecule is CC(O)CCN1CCN(S(=O)(=O)c2cccc(C(F)(F)F)c2)c2cc(-c3cc(F)cc(OC(F)F)c3)ccc21. The van der Waals surface area contributed by atoms with Crippen molar-refractivity contribution in [3.63, 3.8) is 0 Å². The van der Waals surface area contributed by atoms with Crippen molar-refractivity contribution < 1.29 is 44.6 Å². The lowest BCUT2D eigenvalue weighted by Gasteiger charge is -2.38. The first kappa shape index (κ1) is 28.6. The molecule has 1 aliphatic heterocycles. The normalized spacial score (nSPS) is 14.9.